The van der Waals surface area contributed by atoms with Gasteiger partial charge in [-0.05, 0) is 48.5 Å². The van der Waals surface area contributed by atoms with Gasteiger partial charge in [0.15, 0.2) is 0 Å². The number of amides is 1. The molecule has 7 heteroatoms. The number of hydrazone groups is 1. The van der Waals surface area contributed by atoms with Gasteiger partial charge in [-0.25, -0.2) is 4.79 Å². The molecule has 1 aromatic heterocycles. The number of carbonyl (C=O) groups is 2. The molecule has 0 unspecified atom stereocenters. The topological polar surface area (TPSA) is 83.1 Å². The highest BCUT2D eigenvalue weighted by molar-refractivity contribution is 6.37. The van der Waals surface area contributed by atoms with E-state index < -0.39 is 5.97 Å². The van der Waals surface area contributed by atoms with Crippen LogP contribution < -0.4 is 5.01 Å². The number of carboxylic acid groups (broad SMARTS) is 1. The van der Waals surface area contributed by atoms with Crippen LogP contribution in [0.15, 0.2) is 106 Å². The van der Waals surface area contributed by atoms with Gasteiger partial charge in [0.25, 0.3) is 5.91 Å². The molecule has 0 atom stereocenters. The van der Waals surface area contributed by atoms with E-state index in [2.05, 4.69) is 5.10 Å². The molecule has 0 bridgehead atoms. The maximum absolute atomic E-state index is 13.4. The molecule has 0 fully saturated rings. The Hall–Kier alpha value is -4.42. The van der Waals surface area contributed by atoms with Crippen molar-refractivity contribution in [3.63, 3.8) is 0 Å². The smallest absolute Gasteiger partial charge is 0.336 e. The molecule has 5 rings (SSSR count). The Bertz CT molecular complexity index is 1460. The average Bonchev–Trinajstić information content (AvgIpc) is 3.45. The summed E-state index contributed by atoms with van der Waals surface area (Å²) in [5.74, 6) is -0.675. The maximum Gasteiger partial charge on any atom is 0.336 e. The minimum atomic E-state index is -1.09. The molecule has 0 aliphatic carbocycles. The Morgan fingerprint density at radius 2 is 1.65 bits per heavy atom. The van der Waals surface area contributed by atoms with Gasteiger partial charge in [0.05, 0.1) is 16.8 Å². The van der Waals surface area contributed by atoms with E-state index in [4.69, 9.17) is 16.0 Å². The number of para-hydroxylation sites is 1. The Labute approximate surface area is 200 Å². The van der Waals surface area contributed by atoms with Crippen molar-refractivity contribution >= 4 is 41.0 Å². The van der Waals surface area contributed by atoms with Crippen LogP contribution in [0.25, 0.3) is 17.4 Å². The van der Waals surface area contributed by atoms with Gasteiger partial charge in [-0.3, -0.25) is 4.79 Å². The lowest BCUT2D eigenvalue weighted by molar-refractivity contribution is -0.114. The summed E-state index contributed by atoms with van der Waals surface area (Å²) in [6.07, 6.45) is 1.62. The molecule has 0 saturated carbocycles. The molecule has 1 N–H and O–H groups in total. The fourth-order valence-corrected chi connectivity index (χ4v) is 3.89. The molecular formula is C27H17ClN2O4. The number of anilines is 1. The van der Waals surface area contributed by atoms with Crippen molar-refractivity contribution in [3.8, 4) is 11.3 Å². The number of rotatable bonds is 5. The zero-order valence-corrected chi connectivity index (χ0v) is 18.4. The highest BCUT2D eigenvalue weighted by Crippen LogP contribution is 2.32. The van der Waals surface area contributed by atoms with Crippen molar-refractivity contribution in [1.29, 1.82) is 0 Å². The molecule has 0 saturated heterocycles. The number of nitrogens with zero attached hydrogens (tertiary/aromatic N) is 2. The first-order valence-corrected chi connectivity index (χ1v) is 10.8. The predicted octanol–water partition coefficient (Wildman–Crippen LogP) is 6.13. The standard InChI is InChI=1S/C27H17ClN2O4/c28-18-11-13-21(27(32)33)22(15-18)24-14-12-20(34-24)16-23-25(17-7-3-1-4-8-17)29-30(26(23)31)19-9-5-2-6-10-19/h1-16H,(H,32,33). The van der Waals surface area contributed by atoms with Crippen LogP contribution in [0.5, 0.6) is 0 Å². The predicted molar refractivity (Wildman–Crippen MR) is 131 cm³/mol. The Morgan fingerprint density at radius 3 is 2.35 bits per heavy atom. The molecule has 166 valence electrons. The fraction of sp³-hybridized carbons (Fsp3) is 0. The van der Waals surface area contributed by atoms with Crippen molar-refractivity contribution in [2.75, 3.05) is 5.01 Å². The molecule has 1 aliphatic rings. The summed E-state index contributed by atoms with van der Waals surface area (Å²) in [6.45, 7) is 0. The number of carbonyl (C=O) groups excluding carboxylic acids is 1. The van der Waals surface area contributed by atoms with E-state index in [0.717, 1.165) is 5.56 Å². The third kappa shape index (κ3) is 4.02. The van der Waals surface area contributed by atoms with E-state index in [1.54, 1.807) is 18.2 Å². The summed E-state index contributed by atoms with van der Waals surface area (Å²) in [4.78, 5) is 25.0. The van der Waals surface area contributed by atoms with Gasteiger partial charge in [-0.1, -0.05) is 60.1 Å². The molecular weight excluding hydrogens is 452 g/mol. The Kier molecular flexibility index (Phi) is 5.57. The quantitative estimate of drug-likeness (QED) is 0.357. The van der Waals surface area contributed by atoms with Crippen LogP contribution in [-0.2, 0) is 4.79 Å². The molecule has 4 aromatic rings. The zero-order chi connectivity index (χ0) is 23.7. The first-order valence-electron chi connectivity index (χ1n) is 10.4. The molecule has 1 amide bonds. The van der Waals surface area contributed by atoms with Crippen LogP contribution in [0.1, 0.15) is 21.7 Å². The number of hydrogen-bond donors (Lipinski definition) is 1. The van der Waals surface area contributed by atoms with Crippen LogP contribution in [-0.4, -0.2) is 22.7 Å². The van der Waals surface area contributed by atoms with Crippen LogP contribution in [0.3, 0.4) is 0 Å². The summed E-state index contributed by atoms with van der Waals surface area (Å²) in [7, 11) is 0. The van der Waals surface area contributed by atoms with Gasteiger partial charge in [0.2, 0.25) is 0 Å². The SMILES string of the molecule is O=C(O)c1ccc(Cl)cc1-c1ccc(C=C2C(=O)N(c3ccccc3)N=C2c2ccccc2)o1. The van der Waals surface area contributed by atoms with E-state index in [9.17, 15) is 14.7 Å². The minimum absolute atomic E-state index is 0.0664. The van der Waals surface area contributed by atoms with Crippen molar-refractivity contribution in [2.24, 2.45) is 5.10 Å². The van der Waals surface area contributed by atoms with E-state index >= 15 is 0 Å². The van der Waals surface area contributed by atoms with Gasteiger partial charge in [0.1, 0.15) is 17.2 Å². The molecule has 2 heterocycles. The molecule has 0 spiro atoms. The highest BCUT2D eigenvalue weighted by atomic mass is 35.5. The number of hydrogen-bond acceptors (Lipinski definition) is 4. The summed E-state index contributed by atoms with van der Waals surface area (Å²) in [5.41, 5.74) is 2.73. The largest absolute Gasteiger partial charge is 0.478 e. The monoisotopic (exact) mass is 468 g/mol. The van der Waals surface area contributed by atoms with Crippen LogP contribution in [0.2, 0.25) is 5.02 Å². The van der Waals surface area contributed by atoms with E-state index in [1.807, 2.05) is 60.7 Å². The average molecular weight is 469 g/mol. The third-order valence-electron chi connectivity index (χ3n) is 5.32. The fourth-order valence-electron chi connectivity index (χ4n) is 3.72. The first-order chi connectivity index (χ1) is 16.5. The lowest BCUT2D eigenvalue weighted by Crippen LogP contribution is -2.21. The summed E-state index contributed by atoms with van der Waals surface area (Å²) < 4.78 is 5.93. The van der Waals surface area contributed by atoms with Gasteiger partial charge in [-0.15, -0.1) is 0 Å². The lowest BCUT2D eigenvalue weighted by atomic mass is 10.0. The maximum atomic E-state index is 13.4. The normalized spacial score (nSPS) is 14.5. The molecule has 34 heavy (non-hydrogen) atoms. The number of furan rings is 1. The van der Waals surface area contributed by atoms with Crippen LogP contribution in [0.4, 0.5) is 5.69 Å². The van der Waals surface area contributed by atoms with Gasteiger partial charge >= 0.3 is 5.97 Å². The molecule has 3 aromatic carbocycles. The Balaban J connectivity index is 1.58. The van der Waals surface area contributed by atoms with Crippen LogP contribution >= 0.6 is 11.6 Å². The second-order valence-electron chi connectivity index (χ2n) is 7.52. The van der Waals surface area contributed by atoms with Crippen molar-refractivity contribution in [1.82, 2.24) is 0 Å². The highest BCUT2D eigenvalue weighted by Gasteiger charge is 2.32. The van der Waals surface area contributed by atoms with Gasteiger partial charge in [-0.2, -0.15) is 10.1 Å². The molecule has 6 nitrogen and oxygen atoms in total. The van der Waals surface area contributed by atoms with Crippen molar-refractivity contribution in [3.05, 3.63) is 118 Å². The number of aromatic carboxylic acids is 1. The number of carboxylic acids is 1. The van der Waals surface area contributed by atoms with Gasteiger partial charge in [0, 0.05) is 16.1 Å². The first kappa shape index (κ1) is 21.4. The summed E-state index contributed by atoms with van der Waals surface area (Å²) in [5, 5.41) is 15.9. The van der Waals surface area contributed by atoms with E-state index in [-0.39, 0.29) is 11.5 Å². The summed E-state index contributed by atoms with van der Waals surface area (Å²) >= 11 is 6.08. The lowest BCUT2D eigenvalue weighted by Gasteiger charge is -2.10. The van der Waals surface area contributed by atoms with Crippen LogP contribution in [0, 0.1) is 0 Å². The second-order valence-corrected chi connectivity index (χ2v) is 7.96. The minimum Gasteiger partial charge on any atom is -0.478 e. The molecule has 1 aliphatic heterocycles. The third-order valence-corrected chi connectivity index (χ3v) is 5.55. The number of benzene rings is 3. The summed E-state index contributed by atoms with van der Waals surface area (Å²) in [6, 6.07) is 26.4. The molecule has 0 radical (unpaired) electrons. The van der Waals surface area contributed by atoms with E-state index in [0.29, 0.717) is 39.1 Å². The van der Waals surface area contributed by atoms with Crippen molar-refractivity contribution in [2.45, 2.75) is 0 Å². The zero-order valence-electron chi connectivity index (χ0n) is 17.7. The van der Waals surface area contributed by atoms with E-state index in [1.165, 1.54) is 23.2 Å². The van der Waals surface area contributed by atoms with Crippen molar-refractivity contribution < 1.29 is 19.1 Å². The Morgan fingerprint density at radius 1 is 0.941 bits per heavy atom. The second kappa shape index (κ2) is 8.84. The van der Waals surface area contributed by atoms with Gasteiger partial charge < -0.3 is 9.52 Å². The number of halogens is 1.